The fourth-order valence-corrected chi connectivity index (χ4v) is 1.06. The monoisotopic (exact) mass is 203 g/mol. The summed E-state index contributed by atoms with van der Waals surface area (Å²) in [6, 6.07) is 3.73. The molecule has 56 valence electrons. The largest absolute Gasteiger partial charge is 0.386 e. The van der Waals surface area contributed by atoms with Gasteiger partial charge in [0.2, 0.25) is 0 Å². The van der Waals surface area contributed by atoms with Gasteiger partial charge in [0.25, 0.3) is 0 Å². The van der Waals surface area contributed by atoms with Crippen LogP contribution in [0, 0.1) is 0 Å². The number of hydrogen-bond acceptors (Lipinski definition) is 1. The van der Waals surface area contributed by atoms with E-state index in [1.165, 1.54) is 0 Å². The Bertz CT molecular complexity index is 183. The Morgan fingerprint density at radius 1 is 1.70 bits per heavy atom. The summed E-state index contributed by atoms with van der Waals surface area (Å²) in [6.07, 6.45) is 1.36. The highest BCUT2D eigenvalue weighted by molar-refractivity contribution is 9.09. The van der Waals surface area contributed by atoms with Crippen molar-refractivity contribution in [2.45, 2.75) is 17.9 Å². The Morgan fingerprint density at radius 3 is 2.80 bits per heavy atom. The van der Waals surface area contributed by atoms with E-state index in [1.807, 2.05) is 19.1 Å². The summed E-state index contributed by atoms with van der Waals surface area (Å²) in [6.45, 7) is 1.91. The predicted molar refractivity (Wildman–Crippen MR) is 44.1 cm³/mol. The van der Waals surface area contributed by atoms with Crippen LogP contribution in [0.4, 0.5) is 0 Å². The quantitative estimate of drug-likeness (QED) is 0.708. The van der Waals surface area contributed by atoms with Crippen LogP contribution in [0.15, 0.2) is 18.3 Å². The minimum atomic E-state index is -0.435. The van der Waals surface area contributed by atoms with Gasteiger partial charge in [-0.15, -0.1) is 0 Å². The van der Waals surface area contributed by atoms with Crippen molar-refractivity contribution in [1.82, 2.24) is 4.98 Å². The lowest BCUT2D eigenvalue weighted by atomic mass is 10.2. The van der Waals surface area contributed by atoms with Gasteiger partial charge in [0.1, 0.15) is 6.10 Å². The first-order chi connectivity index (χ1) is 4.72. The normalized spacial score (nSPS) is 16.7. The number of aliphatic hydroxyl groups is 1. The smallest absolute Gasteiger partial charge is 0.106 e. The molecule has 0 fully saturated rings. The van der Waals surface area contributed by atoms with Crippen molar-refractivity contribution in [3.63, 3.8) is 0 Å². The van der Waals surface area contributed by atoms with Crippen molar-refractivity contribution in [1.29, 1.82) is 0 Å². The first kappa shape index (κ1) is 7.82. The molecule has 0 aliphatic carbocycles. The summed E-state index contributed by atoms with van der Waals surface area (Å²) in [5.41, 5.74) is 0.851. The molecular formula is C7H10BrNO. The molecule has 0 radical (unpaired) electrons. The molecule has 10 heavy (non-hydrogen) atoms. The lowest BCUT2D eigenvalue weighted by molar-refractivity contribution is 0.177. The fourth-order valence-electron chi connectivity index (χ4n) is 0.776. The molecule has 2 N–H and O–H groups in total. The van der Waals surface area contributed by atoms with E-state index in [-0.39, 0.29) is 4.83 Å². The molecule has 2 atom stereocenters. The molecule has 2 nitrogen and oxygen atoms in total. The van der Waals surface area contributed by atoms with Crippen LogP contribution in [0.3, 0.4) is 0 Å². The number of nitrogens with one attached hydrogen (secondary N) is 1. The molecule has 0 aromatic carbocycles. The molecule has 2 unspecified atom stereocenters. The maximum atomic E-state index is 9.41. The Hall–Kier alpha value is -0.280. The Morgan fingerprint density at radius 2 is 2.40 bits per heavy atom. The summed E-state index contributed by atoms with van der Waals surface area (Å²) in [5.74, 6) is 0. The Balaban J connectivity index is 2.68. The Labute approximate surface area is 68.4 Å². The maximum Gasteiger partial charge on any atom is 0.106 e. The van der Waals surface area contributed by atoms with Crippen molar-refractivity contribution in [3.05, 3.63) is 24.0 Å². The number of alkyl halides is 1. The molecule has 3 heteroatoms. The van der Waals surface area contributed by atoms with E-state index in [0.717, 1.165) is 5.69 Å². The summed E-state index contributed by atoms with van der Waals surface area (Å²) in [4.78, 5) is 3.03. The summed E-state index contributed by atoms with van der Waals surface area (Å²) in [5, 5.41) is 9.41. The third-order valence-electron chi connectivity index (χ3n) is 1.38. The summed E-state index contributed by atoms with van der Waals surface area (Å²) in [7, 11) is 0. The van der Waals surface area contributed by atoms with Crippen LogP contribution in [-0.4, -0.2) is 14.9 Å². The highest BCUT2D eigenvalue weighted by atomic mass is 79.9. The molecule has 0 bridgehead atoms. The second-order valence-electron chi connectivity index (χ2n) is 2.25. The molecule has 0 saturated heterocycles. The number of aromatic nitrogens is 1. The molecule has 1 aromatic heterocycles. The van der Waals surface area contributed by atoms with Crippen molar-refractivity contribution in [2.24, 2.45) is 0 Å². The summed E-state index contributed by atoms with van der Waals surface area (Å²) >= 11 is 3.29. The molecule has 0 aliphatic rings. The Kier molecular flexibility index (Phi) is 2.51. The second-order valence-corrected chi connectivity index (χ2v) is 3.69. The lowest BCUT2D eigenvalue weighted by Gasteiger charge is -2.10. The predicted octanol–water partition coefficient (Wildman–Crippen LogP) is 1.83. The number of hydrogen-bond donors (Lipinski definition) is 2. The average Bonchev–Trinajstić information content (AvgIpc) is 2.36. The molecular weight excluding hydrogens is 194 g/mol. The van der Waals surface area contributed by atoms with Crippen LogP contribution in [0.5, 0.6) is 0 Å². The minimum Gasteiger partial charge on any atom is -0.386 e. The van der Waals surface area contributed by atoms with Gasteiger partial charge in [0.05, 0.1) is 0 Å². The van der Waals surface area contributed by atoms with E-state index < -0.39 is 6.10 Å². The van der Waals surface area contributed by atoms with Crippen molar-refractivity contribution in [3.8, 4) is 0 Å². The van der Waals surface area contributed by atoms with Crippen molar-refractivity contribution >= 4 is 15.9 Å². The standard InChI is InChI=1S/C7H10BrNO/c1-5(8)7(10)6-3-2-4-9-6/h2-5,7,9-10H,1H3. The van der Waals surface area contributed by atoms with E-state index in [0.29, 0.717) is 0 Å². The van der Waals surface area contributed by atoms with Gasteiger partial charge in [-0.1, -0.05) is 15.9 Å². The van der Waals surface area contributed by atoms with Crippen molar-refractivity contribution in [2.75, 3.05) is 0 Å². The first-order valence-electron chi connectivity index (χ1n) is 3.17. The van der Waals surface area contributed by atoms with Crippen LogP contribution < -0.4 is 0 Å². The number of halogens is 1. The molecule has 1 heterocycles. The molecule has 1 rings (SSSR count). The third-order valence-corrected chi connectivity index (χ3v) is 1.88. The van der Waals surface area contributed by atoms with Crippen LogP contribution >= 0.6 is 15.9 Å². The van der Waals surface area contributed by atoms with Gasteiger partial charge in [-0.2, -0.15) is 0 Å². The second kappa shape index (κ2) is 3.21. The molecule has 0 amide bonds. The van der Waals surface area contributed by atoms with Crippen molar-refractivity contribution < 1.29 is 5.11 Å². The highest BCUT2D eigenvalue weighted by Gasteiger charge is 2.12. The van der Waals surface area contributed by atoms with Crippen LogP contribution in [0.1, 0.15) is 18.7 Å². The zero-order valence-electron chi connectivity index (χ0n) is 5.71. The topological polar surface area (TPSA) is 36.0 Å². The van der Waals surface area contributed by atoms with Gasteiger partial charge in [0, 0.05) is 16.7 Å². The van der Waals surface area contributed by atoms with E-state index in [2.05, 4.69) is 20.9 Å². The van der Waals surface area contributed by atoms with E-state index in [1.54, 1.807) is 6.20 Å². The van der Waals surface area contributed by atoms with Gasteiger partial charge in [-0.25, -0.2) is 0 Å². The zero-order valence-corrected chi connectivity index (χ0v) is 7.30. The number of aliphatic hydroxyl groups excluding tert-OH is 1. The van der Waals surface area contributed by atoms with Gasteiger partial charge in [0.15, 0.2) is 0 Å². The van der Waals surface area contributed by atoms with Crippen LogP contribution in [0.25, 0.3) is 0 Å². The summed E-state index contributed by atoms with van der Waals surface area (Å²) < 4.78 is 0. The average molecular weight is 204 g/mol. The SMILES string of the molecule is CC(Br)C(O)c1ccc[nH]1. The van der Waals surface area contributed by atoms with Gasteiger partial charge >= 0.3 is 0 Å². The maximum absolute atomic E-state index is 9.41. The van der Waals surface area contributed by atoms with E-state index in [9.17, 15) is 5.11 Å². The van der Waals surface area contributed by atoms with E-state index >= 15 is 0 Å². The number of H-pyrrole nitrogens is 1. The molecule has 0 aliphatic heterocycles. The fraction of sp³-hybridized carbons (Fsp3) is 0.429. The van der Waals surface area contributed by atoms with Crippen LogP contribution in [0.2, 0.25) is 0 Å². The first-order valence-corrected chi connectivity index (χ1v) is 4.09. The van der Waals surface area contributed by atoms with Gasteiger partial charge in [-0.05, 0) is 19.1 Å². The zero-order chi connectivity index (χ0) is 7.56. The number of rotatable bonds is 2. The third kappa shape index (κ3) is 1.61. The number of aromatic amines is 1. The lowest BCUT2D eigenvalue weighted by Crippen LogP contribution is -2.07. The van der Waals surface area contributed by atoms with Crippen LogP contribution in [-0.2, 0) is 0 Å². The minimum absolute atomic E-state index is 0.0890. The van der Waals surface area contributed by atoms with Gasteiger partial charge < -0.3 is 10.1 Å². The molecule has 0 saturated carbocycles. The van der Waals surface area contributed by atoms with Gasteiger partial charge in [-0.3, -0.25) is 0 Å². The van der Waals surface area contributed by atoms with E-state index in [4.69, 9.17) is 0 Å². The molecule has 1 aromatic rings. The highest BCUT2D eigenvalue weighted by Crippen LogP contribution is 2.19. The molecule has 0 spiro atoms.